The van der Waals surface area contributed by atoms with Gasteiger partial charge in [-0.25, -0.2) is 0 Å². The van der Waals surface area contributed by atoms with E-state index >= 15 is 0 Å². The summed E-state index contributed by atoms with van der Waals surface area (Å²) in [5, 5.41) is 1.29. The molecule has 0 spiro atoms. The van der Waals surface area contributed by atoms with E-state index in [0.29, 0.717) is 22.0 Å². The van der Waals surface area contributed by atoms with Gasteiger partial charge in [0.05, 0.1) is 10.0 Å². The van der Waals surface area contributed by atoms with Gasteiger partial charge >= 0.3 is 0 Å². The second-order valence-corrected chi connectivity index (χ2v) is 5.10. The zero-order valence-corrected chi connectivity index (χ0v) is 10.1. The first kappa shape index (κ1) is 11.3. The maximum absolute atomic E-state index is 6.01. The Morgan fingerprint density at radius 3 is 2.27 bits per heavy atom. The zero-order valence-electron chi connectivity index (χ0n) is 8.55. The minimum atomic E-state index is 0.393. The topological polar surface area (TPSA) is 26.0 Å². The highest BCUT2D eigenvalue weighted by molar-refractivity contribution is 6.42. The summed E-state index contributed by atoms with van der Waals surface area (Å²) >= 11 is 11.9. The van der Waals surface area contributed by atoms with E-state index in [1.165, 1.54) is 18.4 Å². The third-order valence-electron chi connectivity index (χ3n) is 3.19. The highest BCUT2D eigenvalue weighted by atomic mass is 35.5. The lowest BCUT2D eigenvalue weighted by molar-refractivity contribution is 0.395. The Morgan fingerprint density at radius 1 is 1.00 bits per heavy atom. The van der Waals surface area contributed by atoms with Crippen LogP contribution in [0.5, 0.6) is 0 Å². The summed E-state index contributed by atoms with van der Waals surface area (Å²) in [4.78, 5) is 0. The molecule has 1 saturated carbocycles. The molecule has 0 amide bonds. The van der Waals surface area contributed by atoms with Gasteiger partial charge in [-0.05, 0) is 49.3 Å². The van der Waals surface area contributed by atoms with Crippen molar-refractivity contribution in [2.24, 2.45) is 5.73 Å². The molecule has 0 aliphatic heterocycles. The molecule has 3 heteroatoms. The zero-order chi connectivity index (χ0) is 10.8. The van der Waals surface area contributed by atoms with E-state index in [-0.39, 0.29) is 0 Å². The second-order valence-electron chi connectivity index (χ2n) is 4.29. The van der Waals surface area contributed by atoms with Gasteiger partial charge in [-0.2, -0.15) is 0 Å². The number of nitrogens with two attached hydrogens (primary N) is 1. The summed E-state index contributed by atoms with van der Waals surface area (Å²) in [7, 11) is 0. The molecule has 1 aliphatic rings. The quantitative estimate of drug-likeness (QED) is 0.794. The van der Waals surface area contributed by atoms with Crippen molar-refractivity contribution in [1.82, 2.24) is 0 Å². The van der Waals surface area contributed by atoms with E-state index in [4.69, 9.17) is 28.9 Å². The Bertz CT molecular complexity index is 343. The average molecular weight is 244 g/mol. The molecule has 2 rings (SSSR count). The molecule has 15 heavy (non-hydrogen) atoms. The molecule has 1 aliphatic carbocycles. The minimum absolute atomic E-state index is 0.393. The van der Waals surface area contributed by atoms with Crippen LogP contribution in [-0.2, 0) is 0 Å². The van der Waals surface area contributed by atoms with E-state index in [1.807, 2.05) is 12.1 Å². The molecule has 0 aromatic heterocycles. The van der Waals surface area contributed by atoms with E-state index < -0.39 is 0 Å². The number of halogens is 2. The first-order valence-corrected chi connectivity index (χ1v) is 6.13. The van der Waals surface area contributed by atoms with Crippen LogP contribution in [0.15, 0.2) is 18.2 Å². The lowest BCUT2D eigenvalue weighted by Crippen LogP contribution is -2.25. The Hall–Kier alpha value is -0.240. The van der Waals surface area contributed by atoms with Crippen LogP contribution in [-0.4, -0.2) is 6.04 Å². The maximum Gasteiger partial charge on any atom is 0.0595 e. The van der Waals surface area contributed by atoms with Crippen LogP contribution < -0.4 is 5.73 Å². The number of benzene rings is 1. The second kappa shape index (κ2) is 4.73. The van der Waals surface area contributed by atoms with Crippen LogP contribution in [0.3, 0.4) is 0 Å². The summed E-state index contributed by atoms with van der Waals surface area (Å²) in [6.45, 7) is 0. The van der Waals surface area contributed by atoms with Gasteiger partial charge in [0, 0.05) is 6.04 Å². The lowest BCUT2D eigenvalue weighted by Gasteiger charge is -2.26. The summed E-state index contributed by atoms with van der Waals surface area (Å²) < 4.78 is 0. The Kier molecular flexibility index (Phi) is 3.55. The van der Waals surface area contributed by atoms with Crippen molar-refractivity contribution in [2.45, 2.75) is 37.6 Å². The molecular formula is C12H15Cl2N. The third-order valence-corrected chi connectivity index (χ3v) is 3.93. The summed E-state index contributed by atoms with van der Waals surface area (Å²) in [5.74, 6) is 0.611. The number of rotatable bonds is 1. The van der Waals surface area contributed by atoms with Crippen molar-refractivity contribution in [1.29, 1.82) is 0 Å². The summed E-state index contributed by atoms with van der Waals surface area (Å²) in [6.07, 6.45) is 4.56. The molecule has 1 fully saturated rings. The normalized spacial score (nSPS) is 26.6. The van der Waals surface area contributed by atoms with E-state index in [2.05, 4.69) is 6.07 Å². The highest BCUT2D eigenvalue weighted by Crippen LogP contribution is 2.34. The average Bonchev–Trinajstić information content (AvgIpc) is 2.23. The van der Waals surface area contributed by atoms with Gasteiger partial charge in [0.1, 0.15) is 0 Å². The summed E-state index contributed by atoms with van der Waals surface area (Å²) in [5.41, 5.74) is 7.18. The summed E-state index contributed by atoms with van der Waals surface area (Å²) in [6, 6.07) is 6.35. The lowest BCUT2D eigenvalue weighted by atomic mass is 9.82. The smallest absolute Gasteiger partial charge is 0.0595 e. The SMILES string of the molecule is NC1CCC(c2ccc(Cl)c(Cl)c2)CC1. The molecular weight excluding hydrogens is 229 g/mol. The van der Waals surface area contributed by atoms with E-state index in [0.717, 1.165) is 12.8 Å². The van der Waals surface area contributed by atoms with Gasteiger partial charge in [0.25, 0.3) is 0 Å². The molecule has 0 atom stereocenters. The molecule has 0 unspecified atom stereocenters. The molecule has 0 bridgehead atoms. The van der Waals surface area contributed by atoms with E-state index in [1.54, 1.807) is 0 Å². The van der Waals surface area contributed by atoms with Crippen molar-refractivity contribution in [3.8, 4) is 0 Å². The first-order chi connectivity index (χ1) is 7.16. The molecule has 1 nitrogen and oxygen atoms in total. The van der Waals surface area contributed by atoms with Crippen LogP contribution in [0, 0.1) is 0 Å². The van der Waals surface area contributed by atoms with Crippen LogP contribution in [0.1, 0.15) is 37.2 Å². The molecule has 2 N–H and O–H groups in total. The van der Waals surface area contributed by atoms with Gasteiger partial charge in [-0.15, -0.1) is 0 Å². The number of hydrogen-bond acceptors (Lipinski definition) is 1. The van der Waals surface area contributed by atoms with Gasteiger partial charge in [-0.1, -0.05) is 29.3 Å². The highest BCUT2D eigenvalue weighted by Gasteiger charge is 2.20. The van der Waals surface area contributed by atoms with Crippen molar-refractivity contribution >= 4 is 23.2 Å². The molecule has 1 aromatic carbocycles. The Labute approximate surface area is 101 Å². The van der Waals surface area contributed by atoms with Gasteiger partial charge in [0.2, 0.25) is 0 Å². The van der Waals surface area contributed by atoms with Crippen LogP contribution in [0.4, 0.5) is 0 Å². The fourth-order valence-electron chi connectivity index (χ4n) is 2.22. The first-order valence-electron chi connectivity index (χ1n) is 5.37. The Balaban J connectivity index is 2.12. The van der Waals surface area contributed by atoms with Crippen LogP contribution >= 0.6 is 23.2 Å². The number of hydrogen-bond donors (Lipinski definition) is 1. The van der Waals surface area contributed by atoms with Crippen molar-refractivity contribution in [2.75, 3.05) is 0 Å². The molecule has 0 heterocycles. The predicted octanol–water partition coefficient (Wildman–Crippen LogP) is 3.98. The molecule has 0 saturated heterocycles. The largest absolute Gasteiger partial charge is 0.328 e. The third kappa shape index (κ3) is 2.66. The van der Waals surface area contributed by atoms with Gasteiger partial charge < -0.3 is 5.73 Å². The van der Waals surface area contributed by atoms with Gasteiger partial charge in [-0.3, -0.25) is 0 Å². The standard InChI is InChI=1S/C12H15Cl2N/c13-11-6-3-9(7-12(11)14)8-1-4-10(15)5-2-8/h3,6-8,10H,1-2,4-5,15H2. The van der Waals surface area contributed by atoms with Crippen LogP contribution in [0.2, 0.25) is 10.0 Å². The fourth-order valence-corrected chi connectivity index (χ4v) is 2.53. The fraction of sp³-hybridized carbons (Fsp3) is 0.500. The van der Waals surface area contributed by atoms with Crippen molar-refractivity contribution in [3.63, 3.8) is 0 Å². The minimum Gasteiger partial charge on any atom is -0.328 e. The van der Waals surface area contributed by atoms with Crippen molar-refractivity contribution < 1.29 is 0 Å². The predicted molar refractivity (Wildman–Crippen MR) is 65.6 cm³/mol. The molecule has 0 radical (unpaired) electrons. The Morgan fingerprint density at radius 2 is 1.67 bits per heavy atom. The van der Waals surface area contributed by atoms with Gasteiger partial charge in [0.15, 0.2) is 0 Å². The molecule has 1 aromatic rings. The monoisotopic (exact) mass is 243 g/mol. The van der Waals surface area contributed by atoms with Crippen LogP contribution in [0.25, 0.3) is 0 Å². The van der Waals surface area contributed by atoms with Crippen molar-refractivity contribution in [3.05, 3.63) is 33.8 Å². The maximum atomic E-state index is 6.01. The van der Waals surface area contributed by atoms with E-state index in [9.17, 15) is 0 Å². The molecule has 82 valence electrons.